The molecule has 0 radical (unpaired) electrons. The van der Waals surface area contributed by atoms with Crippen molar-refractivity contribution < 1.29 is 4.74 Å². The third-order valence-corrected chi connectivity index (χ3v) is 4.88. The van der Waals surface area contributed by atoms with E-state index in [1.165, 1.54) is 16.7 Å². The first-order chi connectivity index (χ1) is 10.6. The highest BCUT2D eigenvalue weighted by Crippen LogP contribution is 2.35. The molecule has 0 aliphatic carbocycles. The summed E-state index contributed by atoms with van der Waals surface area (Å²) in [7, 11) is 0. The van der Waals surface area contributed by atoms with Gasteiger partial charge in [-0.25, -0.2) is 0 Å². The Labute approximate surface area is 133 Å². The van der Waals surface area contributed by atoms with Crippen molar-refractivity contribution in [1.29, 1.82) is 0 Å². The molecule has 2 heteroatoms. The normalized spacial score (nSPS) is 24.1. The molecular formula is C20H25NO. The first-order valence-corrected chi connectivity index (χ1v) is 8.09. The summed E-state index contributed by atoms with van der Waals surface area (Å²) in [5, 5.41) is 0. The Kier molecular flexibility index (Phi) is 4.32. The van der Waals surface area contributed by atoms with E-state index in [4.69, 9.17) is 4.74 Å². The molecule has 1 saturated heterocycles. The topological polar surface area (TPSA) is 12.5 Å². The van der Waals surface area contributed by atoms with Gasteiger partial charge in [0.25, 0.3) is 0 Å². The molecule has 2 atom stereocenters. The molecule has 2 unspecified atom stereocenters. The number of hydrogen-bond donors (Lipinski definition) is 0. The Morgan fingerprint density at radius 1 is 1.09 bits per heavy atom. The number of rotatable bonds is 3. The number of benzene rings is 2. The monoisotopic (exact) mass is 295 g/mol. The van der Waals surface area contributed by atoms with Gasteiger partial charge in [-0.05, 0) is 38.3 Å². The molecule has 0 saturated carbocycles. The average Bonchev–Trinajstić information content (AvgIpc) is 2.56. The highest BCUT2D eigenvalue weighted by atomic mass is 16.5. The Bertz CT molecular complexity index is 615. The fourth-order valence-corrected chi connectivity index (χ4v) is 3.17. The lowest BCUT2D eigenvalue weighted by molar-refractivity contribution is -0.144. The minimum atomic E-state index is -0.168. The Morgan fingerprint density at radius 3 is 2.50 bits per heavy atom. The van der Waals surface area contributed by atoms with E-state index in [1.54, 1.807) is 0 Å². The maximum atomic E-state index is 6.29. The molecule has 22 heavy (non-hydrogen) atoms. The Hall–Kier alpha value is -1.64. The van der Waals surface area contributed by atoms with Crippen molar-refractivity contribution in [3.63, 3.8) is 0 Å². The average molecular weight is 295 g/mol. The molecule has 1 aliphatic rings. The summed E-state index contributed by atoms with van der Waals surface area (Å²) < 4.78 is 6.29. The van der Waals surface area contributed by atoms with Gasteiger partial charge >= 0.3 is 0 Å². The van der Waals surface area contributed by atoms with Gasteiger partial charge in [0.05, 0.1) is 5.60 Å². The van der Waals surface area contributed by atoms with Crippen molar-refractivity contribution in [3.8, 4) is 0 Å². The van der Waals surface area contributed by atoms with Crippen molar-refractivity contribution in [2.45, 2.75) is 38.8 Å². The smallest absolute Gasteiger partial charge is 0.101 e. The molecule has 116 valence electrons. The maximum Gasteiger partial charge on any atom is 0.101 e. The molecule has 3 rings (SSSR count). The first-order valence-electron chi connectivity index (χ1n) is 8.09. The van der Waals surface area contributed by atoms with Crippen LogP contribution in [0.1, 0.15) is 43.0 Å². The van der Waals surface area contributed by atoms with Gasteiger partial charge < -0.3 is 4.74 Å². The third kappa shape index (κ3) is 3.08. The molecule has 0 spiro atoms. The van der Waals surface area contributed by atoms with Gasteiger partial charge in [0.15, 0.2) is 0 Å². The molecule has 2 aromatic carbocycles. The van der Waals surface area contributed by atoms with E-state index in [9.17, 15) is 0 Å². The lowest BCUT2D eigenvalue weighted by Crippen LogP contribution is -2.44. The lowest BCUT2D eigenvalue weighted by Gasteiger charge is -2.42. The van der Waals surface area contributed by atoms with Crippen LogP contribution in [0.4, 0.5) is 0 Å². The summed E-state index contributed by atoms with van der Waals surface area (Å²) in [5.41, 5.74) is 3.77. The molecule has 0 amide bonds. The van der Waals surface area contributed by atoms with E-state index < -0.39 is 0 Å². The molecule has 1 fully saturated rings. The first kappa shape index (κ1) is 15.3. The lowest BCUT2D eigenvalue weighted by atomic mass is 9.89. The minimum Gasteiger partial charge on any atom is -0.355 e. The molecule has 0 bridgehead atoms. The zero-order chi connectivity index (χ0) is 15.6. The van der Waals surface area contributed by atoms with E-state index >= 15 is 0 Å². The summed E-state index contributed by atoms with van der Waals surface area (Å²) in [6.45, 7) is 8.35. The molecule has 2 aromatic rings. The van der Waals surface area contributed by atoms with Gasteiger partial charge in [-0.1, -0.05) is 60.2 Å². The minimum absolute atomic E-state index is 0.168. The van der Waals surface area contributed by atoms with E-state index in [0.29, 0.717) is 12.8 Å². The van der Waals surface area contributed by atoms with Crippen molar-refractivity contribution in [1.82, 2.24) is 4.90 Å². The van der Waals surface area contributed by atoms with Crippen LogP contribution < -0.4 is 0 Å². The van der Waals surface area contributed by atoms with Crippen LogP contribution in [0, 0.1) is 6.92 Å². The van der Waals surface area contributed by atoms with E-state index in [0.717, 1.165) is 13.0 Å². The second-order valence-electron chi connectivity index (χ2n) is 6.52. The van der Waals surface area contributed by atoms with Crippen LogP contribution >= 0.6 is 0 Å². The fraction of sp³-hybridized carbons (Fsp3) is 0.400. The van der Waals surface area contributed by atoms with Crippen molar-refractivity contribution in [2.24, 2.45) is 0 Å². The van der Waals surface area contributed by atoms with Gasteiger partial charge in [-0.3, -0.25) is 4.90 Å². The van der Waals surface area contributed by atoms with Gasteiger partial charge in [0.1, 0.15) is 6.73 Å². The highest BCUT2D eigenvalue weighted by Gasteiger charge is 2.34. The van der Waals surface area contributed by atoms with Gasteiger partial charge in [-0.15, -0.1) is 0 Å². The molecule has 1 heterocycles. The predicted octanol–water partition coefficient (Wildman–Crippen LogP) is 4.65. The molecule has 0 N–H and O–H groups in total. The largest absolute Gasteiger partial charge is 0.355 e. The summed E-state index contributed by atoms with van der Waals surface area (Å²) in [6, 6.07) is 19.7. The second kappa shape index (κ2) is 6.23. The van der Waals surface area contributed by atoms with Crippen LogP contribution in [0.15, 0.2) is 54.6 Å². The fourth-order valence-electron chi connectivity index (χ4n) is 3.17. The number of nitrogens with zero attached hydrogens (tertiary/aromatic N) is 1. The quantitative estimate of drug-likeness (QED) is 0.817. The van der Waals surface area contributed by atoms with E-state index in [1.807, 2.05) is 0 Å². The van der Waals surface area contributed by atoms with Crippen LogP contribution in [0.5, 0.6) is 0 Å². The number of aryl methyl sites for hydroxylation is 1. The maximum absolute atomic E-state index is 6.29. The van der Waals surface area contributed by atoms with Gasteiger partial charge in [0, 0.05) is 12.6 Å². The SMILES string of the molecule is Cc1cccc(C2(C)CCN(C(C)c3ccccc3)CO2)c1. The van der Waals surface area contributed by atoms with Gasteiger partial charge in [-0.2, -0.15) is 0 Å². The molecular weight excluding hydrogens is 270 g/mol. The molecule has 1 aliphatic heterocycles. The Morgan fingerprint density at radius 2 is 1.86 bits per heavy atom. The zero-order valence-electron chi connectivity index (χ0n) is 13.8. The number of ether oxygens (including phenoxy) is 1. The number of hydrogen-bond acceptors (Lipinski definition) is 2. The highest BCUT2D eigenvalue weighted by molar-refractivity contribution is 5.27. The van der Waals surface area contributed by atoms with Crippen LogP contribution in [0.25, 0.3) is 0 Å². The summed E-state index contributed by atoms with van der Waals surface area (Å²) in [5.74, 6) is 0. The van der Waals surface area contributed by atoms with Crippen molar-refractivity contribution in [2.75, 3.05) is 13.3 Å². The van der Waals surface area contributed by atoms with E-state index in [2.05, 4.69) is 80.3 Å². The standard InChI is InChI=1S/C20H25NO/c1-16-8-7-11-19(14-16)20(3)12-13-21(15-22-20)17(2)18-9-5-4-6-10-18/h4-11,14,17H,12-13,15H2,1-3H3. The summed E-state index contributed by atoms with van der Waals surface area (Å²) in [4.78, 5) is 2.41. The zero-order valence-corrected chi connectivity index (χ0v) is 13.8. The van der Waals surface area contributed by atoms with Gasteiger partial charge in [0.2, 0.25) is 0 Å². The Balaban J connectivity index is 1.70. The summed E-state index contributed by atoms with van der Waals surface area (Å²) >= 11 is 0. The molecule has 2 nitrogen and oxygen atoms in total. The van der Waals surface area contributed by atoms with Crippen LogP contribution in [0.2, 0.25) is 0 Å². The molecule has 0 aromatic heterocycles. The van der Waals surface area contributed by atoms with Crippen molar-refractivity contribution in [3.05, 3.63) is 71.3 Å². The summed E-state index contributed by atoms with van der Waals surface area (Å²) in [6.07, 6.45) is 1.02. The van der Waals surface area contributed by atoms with Crippen LogP contribution in [-0.4, -0.2) is 18.2 Å². The van der Waals surface area contributed by atoms with Crippen LogP contribution in [0.3, 0.4) is 0 Å². The predicted molar refractivity (Wildman–Crippen MR) is 90.7 cm³/mol. The second-order valence-corrected chi connectivity index (χ2v) is 6.52. The van der Waals surface area contributed by atoms with E-state index in [-0.39, 0.29) is 5.60 Å². The third-order valence-electron chi connectivity index (χ3n) is 4.88. The van der Waals surface area contributed by atoms with Crippen molar-refractivity contribution >= 4 is 0 Å². The van der Waals surface area contributed by atoms with Crippen LogP contribution in [-0.2, 0) is 10.3 Å².